The topological polar surface area (TPSA) is 192 Å². The molecule has 29 heavy (non-hydrogen) atoms. The fourth-order valence-corrected chi connectivity index (χ4v) is 3.63. The number of aromatic carboxylic acids is 1. The standard InChI is InChI=1S/C16H12N4O8S/c21-14-15(22)19-13-9(4-10(20(25)26)6-12(13)18-14)7-17-29(27,28)11-3-1-2-8(5-11)16(23)24/h1-6,17H,7H2,(H,18,21)(H,19,22)(H,23,24). The number of hydrogen-bond acceptors (Lipinski definition) is 7. The van der Waals surface area contributed by atoms with E-state index in [1.165, 1.54) is 18.2 Å². The van der Waals surface area contributed by atoms with Gasteiger partial charge in [-0.3, -0.25) is 19.7 Å². The van der Waals surface area contributed by atoms with E-state index in [4.69, 9.17) is 5.11 Å². The van der Waals surface area contributed by atoms with E-state index in [1.807, 2.05) is 0 Å². The molecule has 0 saturated carbocycles. The van der Waals surface area contributed by atoms with Crippen molar-refractivity contribution in [3.05, 3.63) is 78.3 Å². The lowest BCUT2D eigenvalue weighted by Crippen LogP contribution is -2.30. The van der Waals surface area contributed by atoms with Crippen LogP contribution >= 0.6 is 0 Å². The number of nitrogens with zero attached hydrogens (tertiary/aromatic N) is 1. The van der Waals surface area contributed by atoms with Crippen molar-refractivity contribution in [2.24, 2.45) is 0 Å². The summed E-state index contributed by atoms with van der Waals surface area (Å²) in [6, 6.07) is 6.68. The quantitative estimate of drug-likeness (QED) is 0.248. The maximum absolute atomic E-state index is 12.5. The van der Waals surface area contributed by atoms with E-state index in [-0.39, 0.29) is 27.1 Å². The van der Waals surface area contributed by atoms with Gasteiger partial charge in [-0.05, 0) is 23.8 Å². The molecule has 3 rings (SSSR count). The molecule has 1 aromatic heterocycles. The lowest BCUT2D eigenvalue weighted by atomic mass is 10.1. The van der Waals surface area contributed by atoms with Crippen LogP contribution in [0.15, 0.2) is 50.9 Å². The summed E-state index contributed by atoms with van der Waals surface area (Å²) < 4.78 is 27.2. The normalized spacial score (nSPS) is 11.4. The molecule has 1 heterocycles. The van der Waals surface area contributed by atoms with Crippen molar-refractivity contribution in [2.45, 2.75) is 11.4 Å². The SMILES string of the molecule is O=C(O)c1cccc(S(=O)(=O)NCc2cc([N+](=O)[O-])cc3[nH]c(=O)c(=O)[nH]c23)c1. The number of rotatable bonds is 6. The van der Waals surface area contributed by atoms with Crippen LogP contribution in [0.5, 0.6) is 0 Å². The highest BCUT2D eigenvalue weighted by atomic mass is 32.2. The summed E-state index contributed by atoms with van der Waals surface area (Å²) in [4.78, 5) is 48.6. The van der Waals surface area contributed by atoms with Gasteiger partial charge >= 0.3 is 17.1 Å². The number of aromatic amines is 2. The minimum absolute atomic E-state index is 0.0159. The first-order valence-corrected chi connectivity index (χ1v) is 9.33. The molecule has 0 aliphatic heterocycles. The van der Waals surface area contributed by atoms with E-state index in [0.717, 1.165) is 18.2 Å². The average Bonchev–Trinajstić information content (AvgIpc) is 2.67. The van der Waals surface area contributed by atoms with Crippen molar-refractivity contribution in [1.82, 2.24) is 14.7 Å². The molecule has 0 amide bonds. The second kappa shape index (κ2) is 7.29. The Labute approximate surface area is 161 Å². The molecule has 0 aliphatic rings. The molecule has 4 N–H and O–H groups in total. The summed E-state index contributed by atoms with van der Waals surface area (Å²) in [5, 5.41) is 20.1. The monoisotopic (exact) mass is 420 g/mol. The molecule has 0 aliphatic carbocycles. The molecule has 2 aromatic carbocycles. The number of non-ortho nitro benzene ring substituents is 1. The van der Waals surface area contributed by atoms with E-state index in [0.29, 0.717) is 0 Å². The summed E-state index contributed by atoms with van der Waals surface area (Å²) in [6.07, 6.45) is 0. The summed E-state index contributed by atoms with van der Waals surface area (Å²) in [6.45, 7) is -0.472. The van der Waals surface area contributed by atoms with Gasteiger partial charge in [-0.25, -0.2) is 17.9 Å². The van der Waals surface area contributed by atoms with Crippen LogP contribution in [-0.2, 0) is 16.6 Å². The highest BCUT2D eigenvalue weighted by Crippen LogP contribution is 2.22. The fraction of sp³-hybridized carbons (Fsp3) is 0.0625. The molecule has 13 heteroatoms. The Morgan fingerprint density at radius 2 is 1.83 bits per heavy atom. The van der Waals surface area contributed by atoms with E-state index in [1.54, 1.807) is 0 Å². The van der Waals surface area contributed by atoms with Gasteiger partial charge in [0.05, 0.1) is 26.4 Å². The molecular weight excluding hydrogens is 408 g/mol. The minimum atomic E-state index is -4.18. The number of H-pyrrole nitrogens is 2. The number of benzene rings is 2. The van der Waals surface area contributed by atoms with Gasteiger partial charge in [-0.2, -0.15) is 0 Å². The number of hydrogen-bond donors (Lipinski definition) is 4. The molecule has 0 atom stereocenters. The predicted octanol–water partition coefficient (Wildman–Crippen LogP) is 0.301. The second-order valence-corrected chi connectivity index (χ2v) is 7.62. The first-order chi connectivity index (χ1) is 13.6. The molecule has 0 bridgehead atoms. The number of sulfonamides is 1. The molecule has 0 radical (unpaired) electrons. The van der Waals surface area contributed by atoms with Crippen LogP contribution < -0.4 is 15.8 Å². The van der Waals surface area contributed by atoms with Gasteiger partial charge in [0.2, 0.25) is 10.0 Å². The maximum Gasteiger partial charge on any atom is 0.335 e. The number of nitro groups is 1. The van der Waals surface area contributed by atoms with E-state index in [9.17, 15) is 32.9 Å². The van der Waals surface area contributed by atoms with Crippen LogP contribution in [0.2, 0.25) is 0 Å². The molecular formula is C16H12N4O8S. The first-order valence-electron chi connectivity index (χ1n) is 7.85. The third-order valence-corrected chi connectivity index (χ3v) is 5.35. The van der Waals surface area contributed by atoms with Gasteiger partial charge < -0.3 is 15.1 Å². The lowest BCUT2D eigenvalue weighted by molar-refractivity contribution is -0.384. The van der Waals surface area contributed by atoms with E-state index < -0.39 is 44.3 Å². The summed E-state index contributed by atoms with van der Waals surface area (Å²) in [5.74, 6) is -1.31. The maximum atomic E-state index is 12.5. The smallest absolute Gasteiger partial charge is 0.335 e. The van der Waals surface area contributed by atoms with E-state index in [2.05, 4.69) is 14.7 Å². The molecule has 0 spiro atoms. The Morgan fingerprint density at radius 3 is 2.48 bits per heavy atom. The fourth-order valence-electron chi connectivity index (χ4n) is 2.58. The van der Waals surface area contributed by atoms with Crippen LogP contribution in [-0.4, -0.2) is 34.4 Å². The van der Waals surface area contributed by atoms with Crippen molar-refractivity contribution in [3.8, 4) is 0 Å². The number of nitrogens with one attached hydrogen (secondary N) is 3. The highest BCUT2D eigenvalue weighted by molar-refractivity contribution is 7.89. The molecule has 12 nitrogen and oxygen atoms in total. The number of fused-ring (bicyclic) bond motifs is 1. The molecule has 0 saturated heterocycles. The van der Waals surface area contributed by atoms with Gasteiger partial charge in [0.15, 0.2) is 0 Å². The van der Waals surface area contributed by atoms with Crippen molar-refractivity contribution in [1.29, 1.82) is 0 Å². The third kappa shape index (κ3) is 4.04. The minimum Gasteiger partial charge on any atom is -0.478 e. The Morgan fingerprint density at radius 1 is 1.14 bits per heavy atom. The molecule has 150 valence electrons. The largest absolute Gasteiger partial charge is 0.478 e. The average molecular weight is 420 g/mol. The lowest BCUT2D eigenvalue weighted by Gasteiger charge is -2.10. The number of carboxylic acids is 1. The summed E-state index contributed by atoms with van der Waals surface area (Å²) in [5.41, 5.74) is -2.70. The summed E-state index contributed by atoms with van der Waals surface area (Å²) >= 11 is 0. The Kier molecular flexibility index (Phi) is 5.01. The van der Waals surface area contributed by atoms with Gasteiger partial charge in [0.25, 0.3) is 5.69 Å². The van der Waals surface area contributed by atoms with Crippen LogP contribution in [0.25, 0.3) is 11.0 Å². The zero-order valence-corrected chi connectivity index (χ0v) is 15.1. The molecule has 0 unspecified atom stereocenters. The van der Waals surface area contributed by atoms with Crippen LogP contribution in [0.4, 0.5) is 5.69 Å². The van der Waals surface area contributed by atoms with Crippen molar-refractivity contribution < 1.29 is 23.2 Å². The van der Waals surface area contributed by atoms with Gasteiger partial charge in [0.1, 0.15) is 0 Å². The molecule has 0 fully saturated rings. The number of nitro benzene ring substituents is 1. The Bertz CT molecular complexity index is 1370. The van der Waals surface area contributed by atoms with Gasteiger partial charge in [-0.15, -0.1) is 0 Å². The highest BCUT2D eigenvalue weighted by Gasteiger charge is 2.19. The van der Waals surface area contributed by atoms with E-state index >= 15 is 0 Å². The molecule has 3 aromatic rings. The van der Waals surface area contributed by atoms with Gasteiger partial charge in [-0.1, -0.05) is 6.07 Å². The van der Waals surface area contributed by atoms with Crippen molar-refractivity contribution in [2.75, 3.05) is 0 Å². The third-order valence-electron chi connectivity index (χ3n) is 3.95. The Hall–Kier alpha value is -3.84. The van der Waals surface area contributed by atoms with Crippen LogP contribution in [0.3, 0.4) is 0 Å². The zero-order chi connectivity index (χ0) is 21.3. The number of aromatic nitrogens is 2. The van der Waals surface area contributed by atoms with Crippen molar-refractivity contribution >= 4 is 32.7 Å². The van der Waals surface area contributed by atoms with Crippen LogP contribution in [0.1, 0.15) is 15.9 Å². The predicted molar refractivity (Wildman–Crippen MR) is 99.3 cm³/mol. The number of carboxylic acid groups (broad SMARTS) is 1. The van der Waals surface area contributed by atoms with Crippen molar-refractivity contribution in [3.63, 3.8) is 0 Å². The second-order valence-electron chi connectivity index (χ2n) is 5.85. The van der Waals surface area contributed by atoms with Crippen LogP contribution in [0, 0.1) is 10.1 Å². The zero-order valence-electron chi connectivity index (χ0n) is 14.3. The first kappa shape index (κ1) is 19.9. The van der Waals surface area contributed by atoms with Gasteiger partial charge in [0, 0.05) is 18.7 Å². The Balaban J connectivity index is 2.03. The number of carbonyl (C=O) groups is 1. The summed E-state index contributed by atoms with van der Waals surface area (Å²) in [7, 11) is -4.18.